The standard InChI is InChI=1S/C16H29N3/c1-4-12-19-13-11-18-15(19)14(17-6-3)16(5-2)9-7-8-10-16/h11,13-14,17H,4-10,12H2,1-3H3. The van der Waals surface area contributed by atoms with Gasteiger partial charge in [0, 0.05) is 18.9 Å². The minimum atomic E-state index is 0.423. The summed E-state index contributed by atoms with van der Waals surface area (Å²) in [5.41, 5.74) is 0.423. The normalized spacial score (nSPS) is 19.7. The summed E-state index contributed by atoms with van der Waals surface area (Å²) < 4.78 is 2.35. The van der Waals surface area contributed by atoms with Gasteiger partial charge in [0.15, 0.2) is 0 Å². The lowest BCUT2D eigenvalue weighted by Crippen LogP contribution is -2.38. The molecule has 0 saturated heterocycles. The smallest absolute Gasteiger partial charge is 0.126 e. The molecule has 1 aliphatic carbocycles. The Labute approximate surface area is 117 Å². The number of aryl methyl sites for hydroxylation is 1. The van der Waals surface area contributed by atoms with Crippen molar-refractivity contribution in [2.75, 3.05) is 6.54 Å². The molecule has 3 heteroatoms. The van der Waals surface area contributed by atoms with Crippen molar-refractivity contribution in [3.63, 3.8) is 0 Å². The number of nitrogens with one attached hydrogen (secondary N) is 1. The zero-order valence-corrected chi connectivity index (χ0v) is 12.8. The average molecular weight is 263 g/mol. The molecule has 0 spiro atoms. The molecule has 1 atom stereocenters. The van der Waals surface area contributed by atoms with Crippen molar-refractivity contribution in [3.8, 4) is 0 Å². The van der Waals surface area contributed by atoms with Gasteiger partial charge in [-0.3, -0.25) is 0 Å². The van der Waals surface area contributed by atoms with Gasteiger partial charge >= 0.3 is 0 Å². The largest absolute Gasteiger partial charge is 0.334 e. The van der Waals surface area contributed by atoms with Crippen LogP contribution < -0.4 is 5.32 Å². The van der Waals surface area contributed by atoms with Gasteiger partial charge in [0.2, 0.25) is 0 Å². The summed E-state index contributed by atoms with van der Waals surface area (Å²) in [4.78, 5) is 4.69. The van der Waals surface area contributed by atoms with Gasteiger partial charge in [-0.25, -0.2) is 4.98 Å². The second-order valence-electron chi connectivity index (χ2n) is 5.89. The van der Waals surface area contributed by atoms with E-state index >= 15 is 0 Å². The minimum Gasteiger partial charge on any atom is -0.334 e. The van der Waals surface area contributed by atoms with Crippen LogP contribution >= 0.6 is 0 Å². The zero-order chi connectivity index (χ0) is 13.7. The summed E-state index contributed by atoms with van der Waals surface area (Å²) in [5.74, 6) is 1.26. The second-order valence-corrected chi connectivity index (χ2v) is 5.89. The summed E-state index contributed by atoms with van der Waals surface area (Å²) in [7, 11) is 0. The van der Waals surface area contributed by atoms with E-state index in [0.29, 0.717) is 11.5 Å². The summed E-state index contributed by atoms with van der Waals surface area (Å²) in [6.45, 7) is 8.89. The SMILES string of the molecule is CCCn1ccnc1C(NCC)C1(CC)CCCC1. The van der Waals surface area contributed by atoms with Gasteiger partial charge in [0.1, 0.15) is 5.82 Å². The van der Waals surface area contributed by atoms with Crippen molar-refractivity contribution in [3.05, 3.63) is 18.2 Å². The lowest BCUT2D eigenvalue weighted by atomic mass is 9.75. The maximum Gasteiger partial charge on any atom is 0.126 e. The fraction of sp³-hybridized carbons (Fsp3) is 0.812. The Morgan fingerprint density at radius 1 is 1.32 bits per heavy atom. The fourth-order valence-corrected chi connectivity index (χ4v) is 3.72. The van der Waals surface area contributed by atoms with Crippen molar-refractivity contribution in [2.45, 2.75) is 71.9 Å². The van der Waals surface area contributed by atoms with Crippen LogP contribution in [0.3, 0.4) is 0 Å². The van der Waals surface area contributed by atoms with Crippen molar-refractivity contribution in [1.82, 2.24) is 14.9 Å². The molecule has 1 unspecified atom stereocenters. The second kappa shape index (κ2) is 6.56. The van der Waals surface area contributed by atoms with Gasteiger partial charge in [0.25, 0.3) is 0 Å². The Hall–Kier alpha value is -0.830. The van der Waals surface area contributed by atoms with E-state index in [4.69, 9.17) is 4.98 Å². The molecule has 0 radical (unpaired) electrons. The zero-order valence-electron chi connectivity index (χ0n) is 12.8. The van der Waals surface area contributed by atoms with Gasteiger partial charge < -0.3 is 9.88 Å². The maximum absolute atomic E-state index is 4.69. The van der Waals surface area contributed by atoms with Gasteiger partial charge in [-0.15, -0.1) is 0 Å². The third kappa shape index (κ3) is 2.86. The topological polar surface area (TPSA) is 29.9 Å². The fourth-order valence-electron chi connectivity index (χ4n) is 3.72. The van der Waals surface area contributed by atoms with Crippen LogP contribution in [0.15, 0.2) is 12.4 Å². The van der Waals surface area contributed by atoms with E-state index in [2.05, 4.69) is 36.9 Å². The lowest BCUT2D eigenvalue weighted by molar-refractivity contribution is 0.177. The molecule has 0 bridgehead atoms. The molecule has 2 rings (SSSR count). The Bertz CT molecular complexity index is 377. The Balaban J connectivity index is 2.30. The highest BCUT2D eigenvalue weighted by Crippen LogP contribution is 2.49. The van der Waals surface area contributed by atoms with Crippen molar-refractivity contribution < 1.29 is 0 Å². The molecular formula is C16H29N3. The minimum absolute atomic E-state index is 0.423. The molecule has 0 aliphatic heterocycles. The van der Waals surface area contributed by atoms with E-state index in [1.54, 1.807) is 0 Å². The van der Waals surface area contributed by atoms with Crippen LogP contribution in [-0.2, 0) is 6.54 Å². The number of hydrogen-bond donors (Lipinski definition) is 1. The third-order valence-electron chi connectivity index (χ3n) is 4.79. The number of rotatable bonds is 7. The average Bonchev–Trinajstić information content (AvgIpc) is 3.06. The molecule has 19 heavy (non-hydrogen) atoms. The van der Waals surface area contributed by atoms with Crippen LogP contribution in [0.2, 0.25) is 0 Å². The van der Waals surface area contributed by atoms with Gasteiger partial charge in [-0.05, 0) is 37.6 Å². The Morgan fingerprint density at radius 2 is 2.05 bits per heavy atom. The molecule has 0 amide bonds. The van der Waals surface area contributed by atoms with E-state index in [1.807, 2.05) is 6.20 Å². The summed E-state index contributed by atoms with van der Waals surface area (Å²) in [6.07, 6.45) is 12.0. The molecule has 1 fully saturated rings. The van der Waals surface area contributed by atoms with Crippen LogP contribution in [0, 0.1) is 5.41 Å². The van der Waals surface area contributed by atoms with Crippen LogP contribution in [0.1, 0.15) is 71.2 Å². The van der Waals surface area contributed by atoms with Crippen LogP contribution in [-0.4, -0.2) is 16.1 Å². The van der Waals surface area contributed by atoms with E-state index in [9.17, 15) is 0 Å². The van der Waals surface area contributed by atoms with E-state index in [0.717, 1.165) is 13.1 Å². The number of imidazole rings is 1. The molecule has 1 N–H and O–H groups in total. The monoisotopic (exact) mass is 263 g/mol. The molecule has 1 heterocycles. The molecule has 3 nitrogen and oxygen atoms in total. The molecule has 1 aromatic heterocycles. The highest BCUT2D eigenvalue weighted by molar-refractivity contribution is 5.08. The highest BCUT2D eigenvalue weighted by Gasteiger charge is 2.41. The van der Waals surface area contributed by atoms with Crippen molar-refractivity contribution in [2.24, 2.45) is 5.41 Å². The molecule has 1 aromatic rings. The predicted molar refractivity (Wildman–Crippen MR) is 80.1 cm³/mol. The summed E-state index contributed by atoms with van der Waals surface area (Å²) in [5, 5.41) is 3.73. The number of hydrogen-bond acceptors (Lipinski definition) is 2. The lowest BCUT2D eigenvalue weighted by Gasteiger charge is -2.37. The first-order valence-electron chi connectivity index (χ1n) is 8.01. The Kier molecular flexibility index (Phi) is 5.03. The number of aromatic nitrogens is 2. The van der Waals surface area contributed by atoms with Crippen LogP contribution in [0.5, 0.6) is 0 Å². The first-order chi connectivity index (χ1) is 9.27. The van der Waals surface area contributed by atoms with E-state index < -0.39 is 0 Å². The molecule has 1 saturated carbocycles. The third-order valence-corrected chi connectivity index (χ3v) is 4.79. The molecular weight excluding hydrogens is 234 g/mol. The van der Waals surface area contributed by atoms with Gasteiger partial charge in [-0.1, -0.05) is 33.6 Å². The number of nitrogens with zero attached hydrogens (tertiary/aromatic N) is 2. The molecule has 1 aliphatic rings. The molecule has 108 valence electrons. The van der Waals surface area contributed by atoms with Gasteiger partial charge in [-0.2, -0.15) is 0 Å². The summed E-state index contributed by atoms with van der Waals surface area (Å²) >= 11 is 0. The highest BCUT2D eigenvalue weighted by atomic mass is 15.1. The quantitative estimate of drug-likeness (QED) is 0.808. The van der Waals surface area contributed by atoms with Crippen molar-refractivity contribution in [1.29, 1.82) is 0 Å². The van der Waals surface area contributed by atoms with Crippen molar-refractivity contribution >= 4 is 0 Å². The maximum atomic E-state index is 4.69. The van der Waals surface area contributed by atoms with Crippen LogP contribution in [0.4, 0.5) is 0 Å². The predicted octanol–water partition coefficient (Wildman–Crippen LogP) is 3.91. The van der Waals surface area contributed by atoms with E-state index in [1.165, 1.54) is 44.3 Å². The Morgan fingerprint density at radius 3 is 2.63 bits per heavy atom. The first-order valence-corrected chi connectivity index (χ1v) is 8.01. The summed E-state index contributed by atoms with van der Waals surface area (Å²) in [6, 6.07) is 0.423. The first kappa shape index (κ1) is 14.6. The molecule has 0 aromatic carbocycles. The van der Waals surface area contributed by atoms with Crippen LogP contribution in [0.25, 0.3) is 0 Å². The van der Waals surface area contributed by atoms with E-state index in [-0.39, 0.29) is 0 Å². The van der Waals surface area contributed by atoms with Gasteiger partial charge in [0.05, 0.1) is 6.04 Å².